The Bertz CT molecular complexity index is 458. The highest BCUT2D eigenvalue weighted by atomic mass is 14.9. The van der Waals surface area contributed by atoms with Gasteiger partial charge in [-0.15, -0.1) is 0 Å². The molecule has 0 saturated carbocycles. The summed E-state index contributed by atoms with van der Waals surface area (Å²) in [6, 6.07) is 0. The third kappa shape index (κ3) is 2.16. The third-order valence-electron chi connectivity index (χ3n) is 3.33. The smallest absolute Gasteiger partial charge is 0.113 e. The van der Waals surface area contributed by atoms with Crippen LogP contribution in [0.15, 0.2) is 54.8 Å². The van der Waals surface area contributed by atoms with Crippen molar-refractivity contribution in [3.05, 3.63) is 66.3 Å². The quantitative estimate of drug-likeness (QED) is 0.816. The molecule has 0 radical (unpaired) electrons. The van der Waals surface area contributed by atoms with Crippen molar-refractivity contribution in [1.82, 2.24) is 9.97 Å². The molecule has 1 aromatic heterocycles. The van der Waals surface area contributed by atoms with Gasteiger partial charge in [0.1, 0.15) is 5.82 Å². The first-order valence-corrected chi connectivity index (χ1v) is 6.15. The lowest BCUT2D eigenvalue weighted by Gasteiger charge is -2.12. The fourth-order valence-electron chi connectivity index (χ4n) is 2.32. The van der Waals surface area contributed by atoms with E-state index in [9.17, 15) is 0 Å². The van der Waals surface area contributed by atoms with Gasteiger partial charge in [-0.05, 0) is 12.8 Å². The van der Waals surface area contributed by atoms with E-state index >= 15 is 0 Å². The van der Waals surface area contributed by atoms with E-state index in [0.717, 1.165) is 18.7 Å². The number of nitrogens with one attached hydrogen (secondary N) is 1. The molecular weight excluding hydrogens is 208 g/mol. The molecule has 2 aliphatic rings. The summed E-state index contributed by atoms with van der Waals surface area (Å²) in [6.07, 6.45) is 21.3. The van der Waals surface area contributed by atoms with Gasteiger partial charge in [0.15, 0.2) is 0 Å². The molecule has 17 heavy (non-hydrogen) atoms. The predicted molar refractivity (Wildman–Crippen MR) is 69.9 cm³/mol. The molecule has 1 aromatic rings. The number of H-pyrrole nitrogens is 1. The summed E-state index contributed by atoms with van der Waals surface area (Å²) in [6.45, 7) is 0. The first-order chi connectivity index (χ1) is 8.43. The largest absolute Gasteiger partial charge is 0.345 e. The van der Waals surface area contributed by atoms with E-state index in [1.165, 1.54) is 5.69 Å². The molecule has 0 aromatic carbocycles. The molecule has 0 aliphatic heterocycles. The van der Waals surface area contributed by atoms with Crippen LogP contribution in [0, 0.1) is 0 Å². The molecule has 2 heteroatoms. The van der Waals surface area contributed by atoms with E-state index in [1.807, 2.05) is 6.20 Å². The van der Waals surface area contributed by atoms with Crippen LogP contribution >= 0.6 is 0 Å². The lowest BCUT2D eigenvalue weighted by molar-refractivity contribution is 0.769. The molecule has 0 fully saturated rings. The molecule has 2 nitrogen and oxygen atoms in total. The van der Waals surface area contributed by atoms with Crippen LogP contribution in [0.4, 0.5) is 0 Å². The summed E-state index contributed by atoms with van der Waals surface area (Å²) >= 11 is 0. The molecule has 3 rings (SSSR count). The maximum absolute atomic E-state index is 4.52. The van der Waals surface area contributed by atoms with Gasteiger partial charge in [-0.25, -0.2) is 4.98 Å². The number of aromatic nitrogens is 2. The number of hydrogen-bond donors (Lipinski definition) is 1. The highest BCUT2D eigenvalue weighted by Gasteiger charge is 2.15. The van der Waals surface area contributed by atoms with Crippen LogP contribution in [0.2, 0.25) is 0 Å². The van der Waals surface area contributed by atoms with E-state index in [0.29, 0.717) is 11.8 Å². The fraction of sp³-hybridized carbons (Fsp3) is 0.267. The fourth-order valence-corrected chi connectivity index (χ4v) is 2.32. The monoisotopic (exact) mass is 224 g/mol. The molecule has 1 heterocycles. The molecule has 2 atom stereocenters. The first-order valence-electron chi connectivity index (χ1n) is 6.15. The molecule has 0 amide bonds. The summed E-state index contributed by atoms with van der Waals surface area (Å²) in [7, 11) is 0. The topological polar surface area (TPSA) is 28.7 Å². The maximum Gasteiger partial charge on any atom is 0.113 e. The molecule has 0 bridgehead atoms. The second-order valence-electron chi connectivity index (χ2n) is 4.53. The Hall–Kier alpha value is -1.83. The third-order valence-corrected chi connectivity index (χ3v) is 3.33. The minimum atomic E-state index is 0.414. The Morgan fingerprint density at radius 1 is 0.941 bits per heavy atom. The van der Waals surface area contributed by atoms with E-state index in [1.54, 1.807) is 0 Å². The minimum Gasteiger partial charge on any atom is -0.345 e. The maximum atomic E-state index is 4.52. The van der Waals surface area contributed by atoms with Crippen LogP contribution in [0.1, 0.15) is 36.2 Å². The Morgan fingerprint density at radius 3 is 2.29 bits per heavy atom. The average molecular weight is 224 g/mol. The number of allylic oxidation sites excluding steroid dienone is 8. The summed E-state index contributed by atoms with van der Waals surface area (Å²) in [5.41, 5.74) is 1.23. The molecule has 0 saturated heterocycles. The highest BCUT2D eigenvalue weighted by molar-refractivity contribution is 5.25. The van der Waals surface area contributed by atoms with Crippen molar-refractivity contribution in [3.8, 4) is 0 Å². The van der Waals surface area contributed by atoms with Gasteiger partial charge < -0.3 is 4.98 Å². The van der Waals surface area contributed by atoms with E-state index in [-0.39, 0.29) is 0 Å². The van der Waals surface area contributed by atoms with Gasteiger partial charge in [0, 0.05) is 23.7 Å². The predicted octanol–water partition coefficient (Wildman–Crippen LogP) is 3.61. The van der Waals surface area contributed by atoms with E-state index < -0.39 is 0 Å². The number of aromatic amines is 1. The SMILES string of the molecule is C1=CCC(c2cnc(C3C=CC=CC3)[nH]2)C=C1. The van der Waals surface area contributed by atoms with E-state index in [2.05, 4.69) is 58.6 Å². The summed E-state index contributed by atoms with van der Waals surface area (Å²) in [5, 5.41) is 0. The Balaban J connectivity index is 1.78. The van der Waals surface area contributed by atoms with Crippen molar-refractivity contribution in [2.75, 3.05) is 0 Å². The van der Waals surface area contributed by atoms with Gasteiger partial charge in [-0.1, -0.05) is 48.6 Å². The zero-order valence-electron chi connectivity index (χ0n) is 9.71. The number of hydrogen-bond acceptors (Lipinski definition) is 1. The van der Waals surface area contributed by atoms with Crippen molar-refractivity contribution in [3.63, 3.8) is 0 Å². The van der Waals surface area contributed by atoms with Crippen LogP contribution < -0.4 is 0 Å². The van der Waals surface area contributed by atoms with Gasteiger partial charge >= 0.3 is 0 Å². The lowest BCUT2D eigenvalue weighted by Crippen LogP contribution is -2.00. The van der Waals surface area contributed by atoms with Crippen molar-refractivity contribution in [2.24, 2.45) is 0 Å². The first kappa shape index (κ1) is 10.3. The second-order valence-corrected chi connectivity index (χ2v) is 4.53. The molecular formula is C15H16N2. The Morgan fingerprint density at radius 2 is 1.65 bits per heavy atom. The van der Waals surface area contributed by atoms with Gasteiger partial charge in [0.05, 0.1) is 0 Å². The molecule has 86 valence electrons. The number of rotatable bonds is 2. The van der Waals surface area contributed by atoms with Gasteiger partial charge in [-0.3, -0.25) is 0 Å². The second kappa shape index (κ2) is 4.58. The van der Waals surface area contributed by atoms with Crippen molar-refractivity contribution in [2.45, 2.75) is 24.7 Å². The van der Waals surface area contributed by atoms with Crippen molar-refractivity contribution in [1.29, 1.82) is 0 Å². The molecule has 0 spiro atoms. The van der Waals surface area contributed by atoms with Gasteiger partial charge in [0.25, 0.3) is 0 Å². The molecule has 1 N–H and O–H groups in total. The summed E-state index contributed by atoms with van der Waals surface area (Å²) in [4.78, 5) is 7.99. The average Bonchev–Trinajstić information content (AvgIpc) is 2.90. The summed E-state index contributed by atoms with van der Waals surface area (Å²) in [5.74, 6) is 1.96. The Labute approximate surface area is 101 Å². The van der Waals surface area contributed by atoms with Crippen LogP contribution in [0.25, 0.3) is 0 Å². The minimum absolute atomic E-state index is 0.414. The van der Waals surface area contributed by atoms with Crippen molar-refractivity contribution < 1.29 is 0 Å². The number of nitrogens with zero attached hydrogens (tertiary/aromatic N) is 1. The van der Waals surface area contributed by atoms with Gasteiger partial charge in [-0.2, -0.15) is 0 Å². The Kier molecular flexibility index (Phi) is 2.78. The lowest BCUT2D eigenvalue weighted by atomic mass is 9.98. The summed E-state index contributed by atoms with van der Waals surface area (Å²) < 4.78 is 0. The van der Waals surface area contributed by atoms with E-state index in [4.69, 9.17) is 0 Å². The van der Waals surface area contributed by atoms with Crippen LogP contribution in [-0.2, 0) is 0 Å². The van der Waals surface area contributed by atoms with Crippen LogP contribution in [0.3, 0.4) is 0 Å². The normalized spacial score (nSPS) is 26.6. The van der Waals surface area contributed by atoms with Gasteiger partial charge in [0.2, 0.25) is 0 Å². The molecule has 2 aliphatic carbocycles. The highest BCUT2D eigenvalue weighted by Crippen LogP contribution is 2.27. The molecule has 2 unspecified atom stereocenters. The van der Waals surface area contributed by atoms with Crippen LogP contribution in [0.5, 0.6) is 0 Å². The zero-order chi connectivity index (χ0) is 11.5. The zero-order valence-corrected chi connectivity index (χ0v) is 9.71. The number of imidazole rings is 1. The van der Waals surface area contributed by atoms with Crippen LogP contribution in [-0.4, -0.2) is 9.97 Å². The standard InChI is InChI=1S/C15H16N2/c1-3-7-12(8-4-1)14-11-16-15(17-14)13-9-5-2-6-10-13/h1-7,9,11-13H,8,10H2,(H,16,17). The van der Waals surface area contributed by atoms with Crippen molar-refractivity contribution >= 4 is 0 Å².